The molecule has 0 rings (SSSR count). The molecule has 0 unspecified atom stereocenters. The Balaban J connectivity index is 6.55. The van der Waals surface area contributed by atoms with Crippen LogP contribution in [0.3, 0.4) is 0 Å². The lowest BCUT2D eigenvalue weighted by Crippen LogP contribution is -2.72. The number of halogens is 21. The van der Waals surface area contributed by atoms with Crippen molar-refractivity contribution < 1.29 is 114 Å². The lowest BCUT2D eigenvalue weighted by molar-refractivity contribution is -0.470. The summed E-state index contributed by atoms with van der Waals surface area (Å²) in [7, 11) is -9.24. The van der Waals surface area contributed by atoms with E-state index < -0.39 is 82.5 Å². The zero-order valence-corrected chi connectivity index (χ0v) is 20.7. The minimum Gasteiger partial charge on any atom is -0.379 e. The van der Waals surface area contributed by atoms with Crippen LogP contribution >= 0.6 is 0 Å². The zero-order chi connectivity index (χ0) is 35.2. The third-order valence-electron chi connectivity index (χ3n) is 4.71. The summed E-state index contributed by atoms with van der Waals surface area (Å²) in [5.41, 5.74) is 0. The van der Waals surface area contributed by atoms with Crippen molar-refractivity contribution in [3.63, 3.8) is 0 Å². The van der Waals surface area contributed by atoms with Crippen LogP contribution in [0.5, 0.6) is 0 Å². The Kier molecular flexibility index (Phi) is 11.5. The van der Waals surface area contributed by atoms with Crippen molar-refractivity contribution in [3.05, 3.63) is 0 Å². The number of alkyl halides is 21. The Hall–Kier alpha value is -1.64. The number of hydrogen-bond donors (Lipinski definition) is 0. The Bertz CT molecular complexity index is 1050. The number of hydrogen-bond acceptors (Lipinski definition) is 5. The molecule has 0 aliphatic rings. The third-order valence-corrected chi connectivity index (χ3v) is 6.02. The molecule has 0 saturated carbocycles. The average molecular weight is 716 g/mol. The van der Waals surface area contributed by atoms with E-state index in [1.54, 1.807) is 0 Å². The van der Waals surface area contributed by atoms with Crippen LogP contribution in [-0.4, -0.2) is 87.4 Å². The fourth-order valence-corrected chi connectivity index (χ4v) is 3.12. The summed E-state index contributed by atoms with van der Waals surface area (Å²) in [6, 6.07) is 0. The molecule has 0 fully saturated rings. The fraction of sp³-hybridized carbons (Fsp3) is 1.00. The van der Waals surface area contributed by atoms with Crippen LogP contribution in [0.4, 0.5) is 92.2 Å². The topological polar surface area (TPSA) is 61.8 Å². The highest BCUT2D eigenvalue weighted by molar-refractivity contribution is 7.87. The van der Waals surface area contributed by atoms with Gasteiger partial charge in [-0.15, -0.1) is 0 Å². The van der Waals surface area contributed by atoms with E-state index in [-0.39, 0.29) is 13.0 Å². The quantitative estimate of drug-likeness (QED) is 0.0898. The van der Waals surface area contributed by atoms with Gasteiger partial charge in [0.1, 0.15) is 0 Å². The normalized spacial score (nSPS) is 16.1. The van der Waals surface area contributed by atoms with Crippen molar-refractivity contribution in [1.29, 1.82) is 0 Å². The molecule has 0 atom stereocenters. The Labute approximate surface area is 224 Å². The smallest absolute Gasteiger partial charge is 0.379 e. The van der Waals surface area contributed by atoms with E-state index in [9.17, 15) is 101 Å². The molecule has 0 aliphatic carbocycles. The van der Waals surface area contributed by atoms with E-state index in [2.05, 4.69) is 9.47 Å². The van der Waals surface area contributed by atoms with E-state index in [0.717, 1.165) is 0 Å². The number of ether oxygens (including phenoxy) is 2. The van der Waals surface area contributed by atoms with Crippen LogP contribution in [0.1, 0.15) is 19.8 Å². The Morgan fingerprint density at radius 2 is 0.884 bits per heavy atom. The lowest BCUT2D eigenvalue weighted by Gasteiger charge is -2.40. The van der Waals surface area contributed by atoms with Crippen molar-refractivity contribution >= 4 is 10.1 Å². The zero-order valence-electron chi connectivity index (χ0n) is 19.9. The molecular formula is C16H13F21O5S. The van der Waals surface area contributed by atoms with Crippen LogP contribution in [0.25, 0.3) is 0 Å². The molecule has 0 N–H and O–H groups in total. The number of unbranched alkanes of at least 4 members (excludes halogenated alkanes) is 1. The molecule has 43 heavy (non-hydrogen) atoms. The molecule has 27 heteroatoms. The van der Waals surface area contributed by atoms with Gasteiger partial charge in [-0.25, -0.2) is 0 Å². The Morgan fingerprint density at radius 1 is 0.488 bits per heavy atom. The summed E-state index contributed by atoms with van der Waals surface area (Å²) in [6.07, 6.45) is -22.9. The minimum absolute atomic E-state index is 0.173. The molecule has 0 amide bonds. The van der Waals surface area contributed by atoms with Gasteiger partial charge in [0, 0.05) is 6.61 Å². The third kappa shape index (κ3) is 6.67. The van der Waals surface area contributed by atoms with Gasteiger partial charge in [-0.05, 0) is 6.42 Å². The molecule has 0 aromatic rings. The van der Waals surface area contributed by atoms with Crippen LogP contribution in [0.2, 0.25) is 0 Å². The van der Waals surface area contributed by atoms with E-state index in [0.29, 0.717) is 6.42 Å². The molecule has 0 radical (unpaired) electrons. The van der Waals surface area contributed by atoms with Crippen molar-refractivity contribution in [2.45, 2.75) is 78.9 Å². The van der Waals surface area contributed by atoms with Gasteiger partial charge in [-0.2, -0.15) is 105 Å². The van der Waals surface area contributed by atoms with Crippen molar-refractivity contribution in [2.24, 2.45) is 0 Å². The van der Waals surface area contributed by atoms with Gasteiger partial charge in [0.25, 0.3) is 0 Å². The van der Waals surface area contributed by atoms with Crippen LogP contribution in [0.15, 0.2) is 0 Å². The first-order chi connectivity index (χ1) is 18.5. The van der Waals surface area contributed by atoms with E-state index in [1.165, 1.54) is 11.1 Å². The van der Waals surface area contributed by atoms with E-state index >= 15 is 0 Å². The summed E-state index contributed by atoms with van der Waals surface area (Å²) >= 11 is 0. The first-order valence-electron chi connectivity index (χ1n) is 10.2. The molecule has 0 aliphatic heterocycles. The second kappa shape index (κ2) is 11.9. The van der Waals surface area contributed by atoms with Crippen molar-refractivity contribution in [3.8, 4) is 0 Å². The molecule has 0 bridgehead atoms. The lowest BCUT2D eigenvalue weighted by atomic mass is 9.97. The van der Waals surface area contributed by atoms with Crippen LogP contribution in [0, 0.1) is 0 Å². The fourth-order valence-electron chi connectivity index (χ4n) is 2.19. The monoisotopic (exact) mass is 716 g/mol. The summed E-state index contributed by atoms with van der Waals surface area (Å²) in [5, 5.41) is -8.47. The van der Waals surface area contributed by atoms with Crippen LogP contribution < -0.4 is 0 Å². The highest BCUT2D eigenvalue weighted by Gasteiger charge is 2.93. The molecular weight excluding hydrogens is 703 g/mol. The number of rotatable bonds is 17. The Morgan fingerprint density at radius 3 is 1.26 bits per heavy atom. The molecule has 0 aromatic heterocycles. The van der Waals surface area contributed by atoms with E-state index in [4.69, 9.17) is 0 Å². The molecule has 0 saturated heterocycles. The second-order valence-corrected chi connectivity index (χ2v) is 9.43. The average Bonchev–Trinajstić information content (AvgIpc) is 2.78. The van der Waals surface area contributed by atoms with Gasteiger partial charge in [0.05, 0.1) is 13.2 Å². The maximum absolute atomic E-state index is 13.7. The second-order valence-electron chi connectivity index (χ2n) is 7.85. The van der Waals surface area contributed by atoms with Crippen molar-refractivity contribution in [1.82, 2.24) is 0 Å². The minimum atomic E-state index is -9.24. The predicted octanol–water partition coefficient (Wildman–Crippen LogP) is 7.32. The summed E-state index contributed by atoms with van der Waals surface area (Å²) < 4.78 is 309. The molecule has 0 aromatic carbocycles. The first-order valence-corrected chi connectivity index (χ1v) is 11.6. The van der Waals surface area contributed by atoms with Gasteiger partial charge < -0.3 is 9.47 Å². The first kappa shape index (κ1) is 41.4. The van der Waals surface area contributed by atoms with Gasteiger partial charge in [0.2, 0.25) is 0 Å². The SMILES string of the molecule is CCCCOCCOC(F)(F)C(F)(F)C(F)(F)C(F)(F)C(F)(F)C(F)(F)OS(=O)(=O)C(F)(F)C(F)(F)C(F)(F)C(F)(F)F. The van der Waals surface area contributed by atoms with Crippen LogP contribution in [-0.2, 0) is 23.8 Å². The highest BCUT2D eigenvalue weighted by Crippen LogP contribution is 2.62. The van der Waals surface area contributed by atoms with E-state index in [1.807, 2.05) is 0 Å². The molecule has 0 heterocycles. The maximum Gasteiger partial charge on any atom is 0.460 e. The molecule has 5 nitrogen and oxygen atoms in total. The largest absolute Gasteiger partial charge is 0.460 e. The van der Waals surface area contributed by atoms with Crippen molar-refractivity contribution in [2.75, 3.05) is 19.8 Å². The van der Waals surface area contributed by atoms with Gasteiger partial charge in [-0.3, -0.25) is 0 Å². The standard InChI is InChI=1S/C16H13F21O5S/c1-2-3-4-40-5-6-41-14(32,33)10(23,24)7(17,18)8(19,20)11(25,26)15(34,35)42-43(38,39)16(36,37)12(27,28)9(21,22)13(29,30)31/h2-6H2,1H3. The summed E-state index contributed by atoms with van der Waals surface area (Å²) in [6.45, 7) is -1.89. The molecule has 0 spiro atoms. The van der Waals surface area contributed by atoms with Gasteiger partial charge >= 0.3 is 69.3 Å². The summed E-state index contributed by atoms with van der Waals surface area (Å²) in [4.78, 5) is 0. The molecule has 260 valence electrons. The maximum atomic E-state index is 13.7. The van der Waals surface area contributed by atoms with Gasteiger partial charge in [-0.1, -0.05) is 13.3 Å². The van der Waals surface area contributed by atoms with Gasteiger partial charge in [0.15, 0.2) is 0 Å². The summed E-state index contributed by atoms with van der Waals surface area (Å²) in [5.74, 6) is -51.0. The highest BCUT2D eigenvalue weighted by atomic mass is 32.2. The predicted molar refractivity (Wildman–Crippen MR) is 92.3 cm³/mol.